The predicted molar refractivity (Wildman–Crippen MR) is 27.6 cm³/mol. The molecule has 0 atom stereocenters. The van der Waals surface area contributed by atoms with Gasteiger partial charge in [-0.15, -0.1) is 0 Å². The van der Waals surface area contributed by atoms with E-state index in [2.05, 4.69) is 5.10 Å². The van der Waals surface area contributed by atoms with Crippen LogP contribution in [-0.4, -0.2) is 9.78 Å². The Labute approximate surface area is 46.0 Å². The number of hydrogen-bond donors (Lipinski definition) is 1. The first-order valence-corrected chi connectivity index (χ1v) is 1.82. The van der Waals surface area contributed by atoms with Crippen LogP contribution in [0.5, 0.6) is 0 Å². The maximum atomic E-state index is 6.86. The standard InChI is InChI=1S/C4H7N3/c1-7-3-2-4(5)6-7/h2-3H,1H3,(H2,5,6)/i1D3. The van der Waals surface area contributed by atoms with Crippen molar-refractivity contribution in [3.05, 3.63) is 12.3 Å². The summed E-state index contributed by atoms with van der Waals surface area (Å²) >= 11 is 0. The molecular formula is C4H7N3. The van der Waals surface area contributed by atoms with Crippen molar-refractivity contribution in [2.24, 2.45) is 6.98 Å². The minimum atomic E-state index is -2.21. The molecule has 0 radical (unpaired) electrons. The van der Waals surface area contributed by atoms with E-state index in [9.17, 15) is 0 Å². The lowest BCUT2D eigenvalue weighted by Crippen LogP contribution is -1.89. The van der Waals surface area contributed by atoms with Crippen molar-refractivity contribution in [3.63, 3.8) is 0 Å². The fourth-order valence-electron chi connectivity index (χ4n) is 0.338. The molecule has 1 aromatic heterocycles. The summed E-state index contributed by atoms with van der Waals surface area (Å²) in [5.74, 6) is 0.219. The Kier molecular flexibility index (Phi) is 0.333. The molecule has 0 saturated carbocycles. The van der Waals surface area contributed by atoms with Crippen molar-refractivity contribution >= 4 is 5.82 Å². The third kappa shape index (κ3) is 0.707. The molecule has 0 aliphatic heterocycles. The van der Waals surface area contributed by atoms with Crippen LogP contribution >= 0.6 is 0 Å². The highest BCUT2D eigenvalue weighted by molar-refractivity contribution is 5.23. The second-order valence-electron chi connectivity index (χ2n) is 1.19. The summed E-state index contributed by atoms with van der Waals surface area (Å²) in [5, 5.41) is 3.51. The van der Waals surface area contributed by atoms with E-state index in [0.29, 0.717) is 0 Å². The zero-order valence-corrected chi connectivity index (χ0v) is 3.63. The molecule has 0 unspecified atom stereocenters. The molecule has 0 saturated heterocycles. The summed E-state index contributed by atoms with van der Waals surface area (Å²) in [7, 11) is 0. The number of anilines is 1. The molecule has 7 heavy (non-hydrogen) atoms. The van der Waals surface area contributed by atoms with Gasteiger partial charge in [-0.25, -0.2) is 0 Å². The first-order valence-electron chi connectivity index (χ1n) is 3.32. The van der Waals surface area contributed by atoms with E-state index in [1.54, 1.807) is 0 Å². The van der Waals surface area contributed by atoms with Crippen molar-refractivity contribution < 1.29 is 4.11 Å². The number of nitrogens with zero attached hydrogens (tertiary/aromatic N) is 2. The summed E-state index contributed by atoms with van der Waals surface area (Å²) in [6, 6.07) is 1.44. The molecule has 0 aromatic carbocycles. The molecule has 38 valence electrons. The third-order valence-electron chi connectivity index (χ3n) is 0.610. The normalized spacial score (nSPS) is 17.4. The number of nitrogens with two attached hydrogens (primary N) is 1. The molecule has 1 rings (SSSR count). The second-order valence-corrected chi connectivity index (χ2v) is 1.19. The molecular weight excluding hydrogens is 90.1 g/mol. The molecule has 0 amide bonds. The van der Waals surface area contributed by atoms with Gasteiger partial charge in [-0.2, -0.15) is 5.10 Å². The summed E-state index contributed by atoms with van der Waals surface area (Å²) < 4.78 is 21.4. The van der Waals surface area contributed by atoms with Crippen molar-refractivity contribution in [3.8, 4) is 0 Å². The second kappa shape index (κ2) is 1.26. The van der Waals surface area contributed by atoms with Crippen molar-refractivity contribution in [2.45, 2.75) is 0 Å². The molecule has 0 spiro atoms. The molecule has 1 heterocycles. The van der Waals surface area contributed by atoms with E-state index in [1.165, 1.54) is 12.3 Å². The van der Waals surface area contributed by atoms with Crippen LogP contribution in [0.2, 0.25) is 0 Å². The number of hydrogen-bond acceptors (Lipinski definition) is 2. The minimum Gasteiger partial charge on any atom is -0.382 e. The lowest BCUT2D eigenvalue weighted by molar-refractivity contribution is 0.772. The Morgan fingerprint density at radius 3 is 3.29 bits per heavy atom. The number of aryl methyl sites for hydroxylation is 1. The topological polar surface area (TPSA) is 43.8 Å². The number of aromatic nitrogens is 2. The highest BCUT2D eigenvalue weighted by Gasteiger charge is 1.82. The Hall–Kier alpha value is -0.990. The summed E-state index contributed by atoms with van der Waals surface area (Å²) in [6.45, 7) is -2.21. The Morgan fingerprint density at radius 2 is 3.00 bits per heavy atom. The first kappa shape index (κ1) is 1.86. The van der Waals surface area contributed by atoms with Gasteiger partial charge in [-0.1, -0.05) is 0 Å². The van der Waals surface area contributed by atoms with Gasteiger partial charge in [0.15, 0.2) is 0 Å². The van der Waals surface area contributed by atoms with Gasteiger partial charge in [0.1, 0.15) is 5.82 Å². The zero-order valence-electron chi connectivity index (χ0n) is 6.63. The third-order valence-corrected chi connectivity index (χ3v) is 0.610. The van der Waals surface area contributed by atoms with Gasteiger partial charge >= 0.3 is 0 Å². The SMILES string of the molecule is [2H]C([2H])([2H])n1ccc(N)n1. The van der Waals surface area contributed by atoms with Crippen molar-refractivity contribution in [1.82, 2.24) is 9.78 Å². The van der Waals surface area contributed by atoms with E-state index < -0.39 is 6.98 Å². The molecule has 3 nitrogen and oxygen atoms in total. The van der Waals surface area contributed by atoms with Gasteiger partial charge in [-0.3, -0.25) is 4.68 Å². The molecule has 0 fully saturated rings. The van der Waals surface area contributed by atoms with Crippen LogP contribution in [0.4, 0.5) is 5.82 Å². The van der Waals surface area contributed by atoms with Crippen LogP contribution in [0.25, 0.3) is 0 Å². The Bertz CT molecular complexity index is 226. The first-order chi connectivity index (χ1) is 4.50. The number of rotatable bonds is 0. The van der Waals surface area contributed by atoms with Gasteiger partial charge in [0.25, 0.3) is 0 Å². The van der Waals surface area contributed by atoms with Crippen LogP contribution in [0.15, 0.2) is 12.3 Å². The van der Waals surface area contributed by atoms with Gasteiger partial charge in [0, 0.05) is 17.3 Å². The van der Waals surface area contributed by atoms with E-state index in [0.717, 1.165) is 4.68 Å². The van der Waals surface area contributed by atoms with Crippen LogP contribution in [0.1, 0.15) is 4.11 Å². The molecule has 1 aromatic rings. The molecule has 0 aliphatic carbocycles. The van der Waals surface area contributed by atoms with Crippen molar-refractivity contribution in [1.29, 1.82) is 0 Å². The Balaban J connectivity index is 2.96. The lowest BCUT2D eigenvalue weighted by Gasteiger charge is -1.79. The maximum absolute atomic E-state index is 6.86. The average molecular weight is 100 g/mol. The Morgan fingerprint density at radius 1 is 2.14 bits per heavy atom. The minimum absolute atomic E-state index is 0.219. The molecule has 2 N–H and O–H groups in total. The van der Waals surface area contributed by atoms with Crippen LogP contribution in [0.3, 0.4) is 0 Å². The molecule has 0 bridgehead atoms. The van der Waals surface area contributed by atoms with Crippen LogP contribution < -0.4 is 5.73 Å². The fourth-order valence-corrected chi connectivity index (χ4v) is 0.338. The summed E-state index contributed by atoms with van der Waals surface area (Å²) in [6.07, 6.45) is 1.32. The zero-order chi connectivity index (χ0) is 7.78. The predicted octanol–water partition coefficient (Wildman–Crippen LogP) is 0.00230. The fraction of sp³-hybridized carbons (Fsp3) is 0.250. The van der Waals surface area contributed by atoms with Gasteiger partial charge in [0.2, 0.25) is 0 Å². The molecule has 3 heteroatoms. The maximum Gasteiger partial charge on any atom is 0.145 e. The monoisotopic (exact) mass is 100 g/mol. The highest BCUT2D eigenvalue weighted by Crippen LogP contribution is 1.90. The van der Waals surface area contributed by atoms with Crippen LogP contribution in [-0.2, 0) is 6.98 Å². The van der Waals surface area contributed by atoms with E-state index in [4.69, 9.17) is 9.85 Å². The number of nitrogen functional groups attached to an aromatic ring is 1. The summed E-state index contributed by atoms with van der Waals surface area (Å²) in [5.41, 5.74) is 5.19. The highest BCUT2D eigenvalue weighted by atomic mass is 15.3. The smallest absolute Gasteiger partial charge is 0.145 e. The summed E-state index contributed by atoms with van der Waals surface area (Å²) in [4.78, 5) is 0. The lowest BCUT2D eigenvalue weighted by atomic mass is 10.7. The quantitative estimate of drug-likeness (QED) is 0.498. The van der Waals surface area contributed by atoms with Gasteiger partial charge in [0.05, 0.1) is 0 Å². The van der Waals surface area contributed by atoms with Gasteiger partial charge < -0.3 is 5.73 Å². The van der Waals surface area contributed by atoms with Gasteiger partial charge in [-0.05, 0) is 6.07 Å². The molecule has 0 aliphatic rings. The van der Waals surface area contributed by atoms with Crippen LogP contribution in [0, 0.1) is 0 Å². The van der Waals surface area contributed by atoms with E-state index >= 15 is 0 Å². The largest absolute Gasteiger partial charge is 0.382 e. The average Bonchev–Trinajstić information content (AvgIpc) is 2.11. The van der Waals surface area contributed by atoms with E-state index in [-0.39, 0.29) is 5.82 Å². The van der Waals surface area contributed by atoms with Crippen molar-refractivity contribution in [2.75, 3.05) is 5.73 Å². The van der Waals surface area contributed by atoms with E-state index in [1.807, 2.05) is 0 Å².